The van der Waals surface area contributed by atoms with E-state index in [0.717, 1.165) is 14.4 Å². The number of anilines is 1. The van der Waals surface area contributed by atoms with Gasteiger partial charge in [0.05, 0.1) is 31.0 Å². The van der Waals surface area contributed by atoms with E-state index in [1.165, 1.54) is 23.1 Å². The van der Waals surface area contributed by atoms with E-state index in [9.17, 15) is 4.79 Å². The number of nitrogens with zero attached hydrogens (tertiary/aromatic N) is 4. The molecule has 6 nitrogen and oxygen atoms in total. The molecule has 0 radical (unpaired) electrons. The first-order valence-corrected chi connectivity index (χ1v) is 10.4. The number of carbonyl (C=O) groups excluding carboxylic acids is 1. The number of amides is 1. The van der Waals surface area contributed by atoms with Crippen LogP contribution in [0.3, 0.4) is 0 Å². The van der Waals surface area contributed by atoms with Crippen LogP contribution in [0, 0.1) is 11.3 Å². The van der Waals surface area contributed by atoms with E-state index in [0.29, 0.717) is 18.0 Å². The molecule has 0 fully saturated rings. The summed E-state index contributed by atoms with van der Waals surface area (Å²) in [5.41, 5.74) is 0.672. The molecule has 0 saturated heterocycles. The molecule has 132 valence electrons. The highest BCUT2D eigenvalue weighted by atomic mass is 32.2. The minimum atomic E-state index is -0.0929. The lowest BCUT2D eigenvalue weighted by Crippen LogP contribution is -2.33. The Kier molecular flexibility index (Phi) is 8.04. The fraction of sp³-hybridized carbons (Fsp3) is 0.375. The minimum Gasteiger partial charge on any atom is -0.495 e. The van der Waals surface area contributed by atoms with Gasteiger partial charge in [-0.25, -0.2) is 0 Å². The van der Waals surface area contributed by atoms with Gasteiger partial charge < -0.3 is 9.64 Å². The van der Waals surface area contributed by atoms with Crippen molar-refractivity contribution in [2.24, 2.45) is 0 Å². The summed E-state index contributed by atoms with van der Waals surface area (Å²) in [6, 6.07) is 9.40. The van der Waals surface area contributed by atoms with Gasteiger partial charge in [0.15, 0.2) is 8.68 Å². The van der Waals surface area contributed by atoms with Gasteiger partial charge in [0.2, 0.25) is 5.91 Å². The van der Waals surface area contributed by atoms with Crippen LogP contribution in [0.1, 0.15) is 13.3 Å². The fourth-order valence-electron chi connectivity index (χ4n) is 2.03. The number of thioether (sulfide) groups is 2. The number of carbonyl (C=O) groups is 1. The van der Waals surface area contributed by atoms with E-state index < -0.39 is 0 Å². The van der Waals surface area contributed by atoms with E-state index >= 15 is 0 Å². The van der Waals surface area contributed by atoms with Gasteiger partial charge in [-0.05, 0) is 17.9 Å². The maximum absolute atomic E-state index is 12.7. The molecule has 0 aliphatic carbocycles. The molecule has 9 heteroatoms. The molecule has 1 aromatic carbocycles. The third-order valence-corrected chi connectivity index (χ3v) is 6.16. The number of aromatic nitrogens is 2. The van der Waals surface area contributed by atoms with E-state index in [4.69, 9.17) is 10.00 Å². The van der Waals surface area contributed by atoms with Gasteiger partial charge in [-0.1, -0.05) is 53.9 Å². The number of nitriles is 1. The Morgan fingerprint density at radius 2 is 2.04 bits per heavy atom. The average Bonchev–Trinajstić information content (AvgIpc) is 3.08. The number of ether oxygens (including phenoxy) is 1. The fourth-order valence-corrected chi connectivity index (χ4v) is 4.83. The first-order valence-electron chi connectivity index (χ1n) is 7.59. The zero-order chi connectivity index (χ0) is 18.1. The van der Waals surface area contributed by atoms with Gasteiger partial charge in [0.25, 0.3) is 0 Å². The lowest BCUT2D eigenvalue weighted by molar-refractivity contribution is -0.116. The van der Waals surface area contributed by atoms with Crippen LogP contribution in [0.15, 0.2) is 32.9 Å². The molecular formula is C16H18N4O2S3. The van der Waals surface area contributed by atoms with Crippen LogP contribution >= 0.6 is 34.9 Å². The topological polar surface area (TPSA) is 79.1 Å². The van der Waals surface area contributed by atoms with Crippen molar-refractivity contribution in [3.8, 4) is 11.8 Å². The molecule has 1 aromatic heterocycles. The third-order valence-electron chi connectivity index (χ3n) is 3.10. The predicted molar refractivity (Wildman–Crippen MR) is 103 cm³/mol. The van der Waals surface area contributed by atoms with Crippen LogP contribution < -0.4 is 9.64 Å². The molecule has 1 amide bonds. The maximum atomic E-state index is 12.7. The summed E-state index contributed by atoms with van der Waals surface area (Å²) in [4.78, 5) is 14.3. The molecule has 25 heavy (non-hydrogen) atoms. The number of rotatable bonds is 9. The van der Waals surface area contributed by atoms with Crippen LogP contribution in [0.2, 0.25) is 0 Å². The molecule has 0 unspecified atom stereocenters. The average molecular weight is 395 g/mol. The zero-order valence-corrected chi connectivity index (χ0v) is 16.4. The molecule has 0 aliphatic heterocycles. The number of para-hydroxylation sites is 2. The molecular weight excluding hydrogens is 376 g/mol. The van der Waals surface area contributed by atoms with Crippen molar-refractivity contribution in [1.29, 1.82) is 5.26 Å². The summed E-state index contributed by atoms with van der Waals surface area (Å²) >= 11 is 4.48. The Morgan fingerprint density at radius 3 is 2.72 bits per heavy atom. The normalized spacial score (nSPS) is 10.3. The zero-order valence-electron chi connectivity index (χ0n) is 14.0. The largest absolute Gasteiger partial charge is 0.495 e. The van der Waals surface area contributed by atoms with Crippen LogP contribution in [0.5, 0.6) is 5.75 Å². The van der Waals surface area contributed by atoms with Gasteiger partial charge in [-0.3, -0.25) is 4.79 Å². The van der Waals surface area contributed by atoms with E-state index in [1.807, 2.05) is 18.2 Å². The van der Waals surface area contributed by atoms with Gasteiger partial charge in [0, 0.05) is 6.54 Å². The summed E-state index contributed by atoms with van der Waals surface area (Å²) in [7, 11) is 1.56. The molecule has 0 saturated carbocycles. The lowest BCUT2D eigenvalue weighted by Gasteiger charge is -2.23. The van der Waals surface area contributed by atoms with Gasteiger partial charge in [-0.15, -0.1) is 10.2 Å². The monoisotopic (exact) mass is 394 g/mol. The second-order valence-corrected chi connectivity index (χ2v) is 8.39. The molecule has 0 N–H and O–H groups in total. The van der Waals surface area contributed by atoms with Crippen molar-refractivity contribution in [2.75, 3.05) is 30.1 Å². The lowest BCUT2D eigenvalue weighted by atomic mass is 10.2. The molecule has 0 atom stereocenters. The van der Waals surface area contributed by atoms with Crippen molar-refractivity contribution < 1.29 is 9.53 Å². The summed E-state index contributed by atoms with van der Waals surface area (Å²) in [5, 5.41) is 17.1. The molecule has 1 heterocycles. The Labute approximate surface area is 159 Å². The Bertz CT molecular complexity index is 745. The van der Waals surface area contributed by atoms with Crippen molar-refractivity contribution in [2.45, 2.75) is 22.0 Å². The highest BCUT2D eigenvalue weighted by molar-refractivity contribution is 8.03. The third kappa shape index (κ3) is 5.63. The van der Waals surface area contributed by atoms with Crippen LogP contribution in [0.4, 0.5) is 5.69 Å². The second kappa shape index (κ2) is 10.3. The Morgan fingerprint density at radius 1 is 1.32 bits per heavy atom. The van der Waals surface area contributed by atoms with Crippen molar-refractivity contribution >= 4 is 46.5 Å². The van der Waals surface area contributed by atoms with Crippen molar-refractivity contribution in [3.05, 3.63) is 24.3 Å². The maximum Gasteiger partial charge on any atom is 0.237 e. The van der Waals surface area contributed by atoms with E-state index in [-0.39, 0.29) is 18.1 Å². The molecule has 2 rings (SSSR count). The highest BCUT2D eigenvalue weighted by Crippen LogP contribution is 2.31. The quantitative estimate of drug-likeness (QED) is 0.600. The smallest absolute Gasteiger partial charge is 0.237 e. The van der Waals surface area contributed by atoms with Gasteiger partial charge >= 0.3 is 0 Å². The molecule has 0 bridgehead atoms. The molecule has 0 aliphatic rings. The first-order chi connectivity index (χ1) is 12.2. The van der Waals surface area contributed by atoms with E-state index in [1.54, 1.807) is 29.8 Å². The second-order valence-electron chi connectivity index (χ2n) is 4.68. The number of hydrogen-bond donors (Lipinski definition) is 0. The van der Waals surface area contributed by atoms with Crippen LogP contribution in [-0.2, 0) is 4.79 Å². The van der Waals surface area contributed by atoms with Crippen molar-refractivity contribution in [3.63, 3.8) is 0 Å². The number of hydrogen-bond acceptors (Lipinski definition) is 8. The molecule has 2 aromatic rings. The van der Waals surface area contributed by atoms with E-state index in [2.05, 4.69) is 23.2 Å². The van der Waals surface area contributed by atoms with Crippen LogP contribution in [0.25, 0.3) is 0 Å². The highest BCUT2D eigenvalue weighted by Gasteiger charge is 2.20. The number of benzene rings is 1. The standard InChI is InChI=1S/C16H18N4O2S3/c1-3-23-15-18-19-16(25-15)24-11-14(21)20(10-6-9-17)12-7-4-5-8-13(12)22-2/h4-5,7-8H,3,6,10-11H2,1-2H3. The summed E-state index contributed by atoms with van der Waals surface area (Å²) in [6.45, 7) is 2.38. The SMILES string of the molecule is CCSc1nnc(SCC(=O)N(CCC#N)c2ccccc2OC)s1. The summed E-state index contributed by atoms with van der Waals surface area (Å²) in [5.74, 6) is 1.68. The Hall–Kier alpha value is -1.76. The van der Waals surface area contributed by atoms with Gasteiger partial charge in [-0.2, -0.15) is 5.26 Å². The minimum absolute atomic E-state index is 0.0929. The number of methoxy groups -OCH3 is 1. The Balaban J connectivity index is 2.08. The summed E-state index contributed by atoms with van der Waals surface area (Å²) in [6.07, 6.45) is 0.255. The summed E-state index contributed by atoms with van der Waals surface area (Å²) < 4.78 is 7.02. The molecule has 0 spiro atoms. The van der Waals surface area contributed by atoms with Crippen LogP contribution in [-0.4, -0.2) is 41.3 Å². The van der Waals surface area contributed by atoms with Crippen molar-refractivity contribution in [1.82, 2.24) is 10.2 Å². The predicted octanol–water partition coefficient (Wildman–Crippen LogP) is 3.70. The first kappa shape index (κ1) is 19.6. The van der Waals surface area contributed by atoms with Gasteiger partial charge in [0.1, 0.15) is 5.75 Å².